The molecule has 84 valence electrons. The Labute approximate surface area is 87.6 Å². The Morgan fingerprint density at radius 3 is 2.21 bits per heavy atom. The quantitative estimate of drug-likeness (QED) is 0.730. The molecule has 0 radical (unpaired) electrons. The number of rotatable bonds is 5. The Bertz CT molecular complexity index is 180. The maximum Gasteiger partial charge on any atom is 0.239 e. The molecule has 0 heterocycles. The number of hydrogen-bond donors (Lipinski definition) is 1. The third-order valence-corrected chi connectivity index (χ3v) is 2.56. The number of hydrogen-bond acceptors (Lipinski definition) is 2. The van der Waals surface area contributed by atoms with E-state index < -0.39 is 0 Å². The standard InChI is InChI=1S/C11H24N2O/c1-6-9(4)10(12)11(14)13(5)7-8(2)3/h8-10H,6-7,12H2,1-5H3/t9-,10-/m0/s1. The van der Waals surface area contributed by atoms with Gasteiger partial charge in [0.2, 0.25) is 5.91 Å². The molecule has 0 bridgehead atoms. The summed E-state index contributed by atoms with van der Waals surface area (Å²) in [5.41, 5.74) is 5.86. The van der Waals surface area contributed by atoms with Gasteiger partial charge in [0.05, 0.1) is 6.04 Å². The van der Waals surface area contributed by atoms with Crippen LogP contribution in [0.1, 0.15) is 34.1 Å². The SMILES string of the molecule is CC[C@H](C)[C@H](N)C(=O)N(C)CC(C)C. The lowest BCUT2D eigenvalue weighted by atomic mass is 9.99. The second kappa shape index (κ2) is 6.02. The first kappa shape index (κ1) is 13.4. The van der Waals surface area contributed by atoms with Crippen molar-refractivity contribution in [2.45, 2.75) is 40.2 Å². The molecular formula is C11H24N2O. The van der Waals surface area contributed by atoms with Gasteiger partial charge in [-0.05, 0) is 11.8 Å². The van der Waals surface area contributed by atoms with E-state index in [0.717, 1.165) is 13.0 Å². The van der Waals surface area contributed by atoms with Crippen LogP contribution in [0, 0.1) is 11.8 Å². The first-order valence-electron chi connectivity index (χ1n) is 5.40. The summed E-state index contributed by atoms with van der Waals surface area (Å²) in [4.78, 5) is 13.5. The molecule has 0 rings (SSSR count). The molecule has 3 heteroatoms. The predicted molar refractivity (Wildman–Crippen MR) is 59.9 cm³/mol. The molecule has 0 saturated carbocycles. The van der Waals surface area contributed by atoms with Crippen molar-refractivity contribution in [1.29, 1.82) is 0 Å². The van der Waals surface area contributed by atoms with Crippen LogP contribution in [-0.2, 0) is 4.79 Å². The van der Waals surface area contributed by atoms with Crippen LogP contribution in [0.4, 0.5) is 0 Å². The van der Waals surface area contributed by atoms with E-state index in [1.165, 1.54) is 0 Å². The number of likely N-dealkylation sites (N-methyl/N-ethyl adjacent to an activating group) is 1. The van der Waals surface area contributed by atoms with Crippen molar-refractivity contribution in [3.05, 3.63) is 0 Å². The molecule has 0 aliphatic carbocycles. The highest BCUT2D eigenvalue weighted by atomic mass is 16.2. The van der Waals surface area contributed by atoms with Crippen molar-refractivity contribution in [3.8, 4) is 0 Å². The molecule has 0 aromatic carbocycles. The van der Waals surface area contributed by atoms with Crippen LogP contribution >= 0.6 is 0 Å². The lowest BCUT2D eigenvalue weighted by molar-refractivity contribution is -0.132. The van der Waals surface area contributed by atoms with Crippen molar-refractivity contribution >= 4 is 5.91 Å². The summed E-state index contributed by atoms with van der Waals surface area (Å²) in [5.74, 6) is 0.818. The van der Waals surface area contributed by atoms with Gasteiger partial charge in [-0.3, -0.25) is 4.79 Å². The zero-order valence-electron chi connectivity index (χ0n) is 10.1. The first-order valence-corrected chi connectivity index (χ1v) is 5.40. The van der Waals surface area contributed by atoms with Crippen molar-refractivity contribution in [1.82, 2.24) is 4.90 Å². The Morgan fingerprint density at radius 2 is 1.86 bits per heavy atom. The van der Waals surface area contributed by atoms with Gasteiger partial charge in [0.25, 0.3) is 0 Å². The molecule has 1 amide bonds. The Kier molecular flexibility index (Phi) is 5.77. The van der Waals surface area contributed by atoms with Gasteiger partial charge in [0, 0.05) is 13.6 Å². The molecule has 0 fully saturated rings. The smallest absolute Gasteiger partial charge is 0.239 e. The third kappa shape index (κ3) is 4.09. The summed E-state index contributed by atoms with van der Waals surface area (Å²) in [6.45, 7) is 9.05. The summed E-state index contributed by atoms with van der Waals surface area (Å²) in [7, 11) is 1.82. The van der Waals surface area contributed by atoms with E-state index in [1.807, 2.05) is 14.0 Å². The molecule has 3 nitrogen and oxygen atoms in total. The Balaban J connectivity index is 4.17. The van der Waals surface area contributed by atoms with Crippen LogP contribution in [-0.4, -0.2) is 30.4 Å². The average molecular weight is 200 g/mol. The van der Waals surface area contributed by atoms with Crippen LogP contribution in [0.2, 0.25) is 0 Å². The molecule has 0 aliphatic heterocycles. The number of nitrogens with zero attached hydrogens (tertiary/aromatic N) is 1. The fourth-order valence-corrected chi connectivity index (χ4v) is 1.39. The largest absolute Gasteiger partial charge is 0.344 e. The van der Waals surface area contributed by atoms with Crippen LogP contribution in [0.15, 0.2) is 0 Å². The second-order valence-corrected chi connectivity index (χ2v) is 4.52. The van der Waals surface area contributed by atoms with Crippen molar-refractivity contribution in [2.75, 3.05) is 13.6 Å². The first-order chi connectivity index (χ1) is 6.40. The summed E-state index contributed by atoms with van der Waals surface area (Å²) in [6.07, 6.45) is 0.947. The molecule has 0 aromatic rings. The van der Waals surface area contributed by atoms with Gasteiger partial charge in [-0.15, -0.1) is 0 Å². The molecule has 0 aromatic heterocycles. The Hall–Kier alpha value is -0.570. The monoisotopic (exact) mass is 200 g/mol. The summed E-state index contributed by atoms with van der Waals surface area (Å²) >= 11 is 0. The van der Waals surface area contributed by atoms with Gasteiger partial charge in [-0.1, -0.05) is 34.1 Å². The fraction of sp³-hybridized carbons (Fsp3) is 0.909. The zero-order valence-corrected chi connectivity index (χ0v) is 10.1. The van der Waals surface area contributed by atoms with Gasteiger partial charge in [0.1, 0.15) is 0 Å². The minimum atomic E-state index is -0.344. The lowest BCUT2D eigenvalue weighted by Gasteiger charge is -2.25. The normalized spacial score (nSPS) is 15.4. The number of carbonyl (C=O) groups excluding carboxylic acids is 1. The highest BCUT2D eigenvalue weighted by Gasteiger charge is 2.22. The van der Waals surface area contributed by atoms with Crippen LogP contribution in [0.25, 0.3) is 0 Å². The van der Waals surface area contributed by atoms with Crippen LogP contribution < -0.4 is 5.73 Å². The van der Waals surface area contributed by atoms with E-state index in [1.54, 1.807) is 4.90 Å². The number of nitrogens with two attached hydrogens (primary N) is 1. The van der Waals surface area contributed by atoms with E-state index in [-0.39, 0.29) is 17.9 Å². The molecular weight excluding hydrogens is 176 g/mol. The highest BCUT2D eigenvalue weighted by molar-refractivity contribution is 5.81. The Morgan fingerprint density at radius 1 is 1.36 bits per heavy atom. The van der Waals surface area contributed by atoms with Crippen LogP contribution in [0.5, 0.6) is 0 Å². The van der Waals surface area contributed by atoms with Gasteiger partial charge in [-0.2, -0.15) is 0 Å². The summed E-state index contributed by atoms with van der Waals surface area (Å²) in [5, 5.41) is 0. The molecule has 0 aliphatic rings. The van der Waals surface area contributed by atoms with E-state index in [9.17, 15) is 4.79 Å². The molecule has 0 spiro atoms. The number of amides is 1. The van der Waals surface area contributed by atoms with E-state index >= 15 is 0 Å². The molecule has 2 N–H and O–H groups in total. The molecule has 2 atom stereocenters. The second-order valence-electron chi connectivity index (χ2n) is 4.52. The van der Waals surface area contributed by atoms with Crippen LogP contribution in [0.3, 0.4) is 0 Å². The highest BCUT2D eigenvalue weighted by Crippen LogP contribution is 2.08. The lowest BCUT2D eigenvalue weighted by Crippen LogP contribution is -2.46. The predicted octanol–water partition coefficient (Wildman–Crippen LogP) is 1.47. The zero-order chi connectivity index (χ0) is 11.3. The average Bonchev–Trinajstić information content (AvgIpc) is 2.13. The topological polar surface area (TPSA) is 46.3 Å². The van der Waals surface area contributed by atoms with Gasteiger partial charge in [0.15, 0.2) is 0 Å². The van der Waals surface area contributed by atoms with Gasteiger partial charge < -0.3 is 10.6 Å². The summed E-state index contributed by atoms with van der Waals surface area (Å²) in [6, 6.07) is -0.344. The maximum atomic E-state index is 11.8. The van der Waals surface area contributed by atoms with E-state index in [2.05, 4.69) is 20.8 Å². The fourth-order valence-electron chi connectivity index (χ4n) is 1.39. The minimum absolute atomic E-state index is 0.0630. The maximum absolute atomic E-state index is 11.8. The molecule has 14 heavy (non-hydrogen) atoms. The molecule has 0 saturated heterocycles. The number of carbonyl (C=O) groups is 1. The van der Waals surface area contributed by atoms with Crippen molar-refractivity contribution < 1.29 is 4.79 Å². The minimum Gasteiger partial charge on any atom is -0.344 e. The van der Waals surface area contributed by atoms with E-state index in [0.29, 0.717) is 5.92 Å². The van der Waals surface area contributed by atoms with Crippen molar-refractivity contribution in [2.24, 2.45) is 17.6 Å². The third-order valence-electron chi connectivity index (χ3n) is 2.56. The van der Waals surface area contributed by atoms with Gasteiger partial charge >= 0.3 is 0 Å². The van der Waals surface area contributed by atoms with Crippen molar-refractivity contribution in [3.63, 3.8) is 0 Å². The summed E-state index contributed by atoms with van der Waals surface area (Å²) < 4.78 is 0. The molecule has 0 unspecified atom stereocenters. The van der Waals surface area contributed by atoms with Gasteiger partial charge in [-0.25, -0.2) is 0 Å². The van der Waals surface area contributed by atoms with E-state index in [4.69, 9.17) is 5.73 Å².